The van der Waals surface area contributed by atoms with Crippen molar-refractivity contribution in [1.29, 1.82) is 5.41 Å². The summed E-state index contributed by atoms with van der Waals surface area (Å²) in [6.45, 7) is 1.65. The van der Waals surface area contributed by atoms with Gasteiger partial charge in [0.2, 0.25) is 0 Å². The maximum absolute atomic E-state index is 12.4. The fourth-order valence-corrected chi connectivity index (χ4v) is 3.34. The number of benzene rings is 2. The van der Waals surface area contributed by atoms with Gasteiger partial charge in [-0.15, -0.1) is 0 Å². The lowest BCUT2D eigenvalue weighted by molar-refractivity contribution is -0.131. The van der Waals surface area contributed by atoms with E-state index in [9.17, 15) is 9.59 Å². The third-order valence-electron chi connectivity index (χ3n) is 4.72. The van der Waals surface area contributed by atoms with E-state index in [0.29, 0.717) is 11.4 Å². The summed E-state index contributed by atoms with van der Waals surface area (Å²) >= 11 is 0. The largest absolute Gasteiger partial charge is 0.487 e. The molecule has 2 aromatic carbocycles. The van der Waals surface area contributed by atoms with Crippen molar-refractivity contribution in [1.82, 2.24) is 4.98 Å². The highest BCUT2D eigenvalue weighted by Gasteiger charge is 2.33. The highest BCUT2D eigenvalue weighted by Crippen LogP contribution is 2.29. The number of para-hydroxylation sites is 1. The van der Waals surface area contributed by atoms with Crippen LogP contribution in [-0.2, 0) is 9.53 Å². The number of nitrogens with one attached hydrogen (secondary N) is 1. The van der Waals surface area contributed by atoms with Crippen LogP contribution in [0.1, 0.15) is 12.5 Å². The van der Waals surface area contributed by atoms with E-state index in [0.717, 1.165) is 10.9 Å². The molecule has 1 fully saturated rings. The van der Waals surface area contributed by atoms with Crippen LogP contribution in [0.15, 0.2) is 54.7 Å². The lowest BCUT2D eigenvalue weighted by atomic mass is 10.1. The van der Waals surface area contributed by atoms with Gasteiger partial charge in [-0.25, -0.2) is 4.79 Å². The van der Waals surface area contributed by atoms with Crippen molar-refractivity contribution >= 4 is 34.5 Å². The lowest BCUT2D eigenvalue weighted by Gasteiger charge is -2.16. The number of cyclic esters (lactones) is 1. The maximum Gasteiger partial charge on any atom is 0.414 e. The number of nitrogens with zero attached hydrogens (tertiary/aromatic N) is 2. The van der Waals surface area contributed by atoms with Crippen LogP contribution < -0.4 is 20.1 Å². The normalized spacial score (nSPS) is 15.6. The van der Waals surface area contributed by atoms with Gasteiger partial charge in [-0.1, -0.05) is 18.2 Å². The van der Waals surface area contributed by atoms with E-state index < -0.39 is 18.2 Å². The van der Waals surface area contributed by atoms with Crippen LogP contribution in [0.4, 0.5) is 10.5 Å². The molecule has 1 saturated heterocycles. The molecule has 1 amide bonds. The molecule has 0 saturated carbocycles. The average molecular weight is 420 g/mol. The number of rotatable bonds is 6. The molecule has 1 aromatic heterocycles. The van der Waals surface area contributed by atoms with Gasteiger partial charge in [-0.2, -0.15) is 0 Å². The first-order valence-electron chi connectivity index (χ1n) is 9.54. The molecule has 158 valence electrons. The molecule has 31 heavy (non-hydrogen) atoms. The highest BCUT2D eigenvalue weighted by atomic mass is 16.6. The number of amidine groups is 1. The zero-order valence-electron chi connectivity index (χ0n) is 16.7. The summed E-state index contributed by atoms with van der Waals surface area (Å²) < 4.78 is 16.5. The predicted octanol–water partition coefficient (Wildman–Crippen LogP) is 2.85. The fraction of sp³-hybridized carbons (Fsp3) is 0.182. The molecule has 0 radical (unpaired) electrons. The molecule has 9 nitrogen and oxygen atoms in total. The van der Waals surface area contributed by atoms with Gasteiger partial charge < -0.3 is 19.9 Å². The molecule has 0 spiro atoms. The minimum Gasteiger partial charge on any atom is -0.487 e. The third-order valence-corrected chi connectivity index (χ3v) is 4.72. The number of carbonyl (C=O) groups is 2. The molecule has 1 aliphatic rings. The van der Waals surface area contributed by atoms with Gasteiger partial charge in [-0.05, 0) is 24.3 Å². The molecule has 4 rings (SSSR count). The molecule has 9 heteroatoms. The summed E-state index contributed by atoms with van der Waals surface area (Å²) in [5, 5.41) is 8.58. The number of esters is 1. The standard InChI is InChI=1S/C22H20N4O5/c1-13(27)30-19-10-15(7-8-17(19)21(23)24)26-11-16(31-22(26)28)12-29-18-6-2-4-14-5-3-9-25-20(14)18/h2-10,16H,11-12H2,1H3,(H3,23,24). The minimum absolute atomic E-state index is 0.104. The number of ether oxygens (including phenoxy) is 3. The maximum atomic E-state index is 12.4. The fourth-order valence-electron chi connectivity index (χ4n) is 3.34. The number of hydrogen-bond donors (Lipinski definition) is 2. The molecule has 2 heterocycles. The number of nitrogens with two attached hydrogens (primary N) is 1. The van der Waals surface area contributed by atoms with E-state index in [1.807, 2.05) is 30.3 Å². The van der Waals surface area contributed by atoms with Gasteiger partial charge in [0.25, 0.3) is 0 Å². The summed E-state index contributed by atoms with van der Waals surface area (Å²) in [6, 6.07) is 14.0. The molecule has 1 aliphatic heterocycles. The van der Waals surface area contributed by atoms with Crippen molar-refractivity contribution in [2.45, 2.75) is 13.0 Å². The summed E-state index contributed by atoms with van der Waals surface area (Å²) in [7, 11) is 0. The molecule has 0 bridgehead atoms. The molecule has 3 aromatic rings. The second kappa shape index (κ2) is 8.31. The SMILES string of the molecule is CC(=O)Oc1cc(N2CC(COc3cccc4cccnc34)OC2=O)ccc1C(=N)N. The molecule has 1 atom stereocenters. The molecule has 3 N–H and O–H groups in total. The van der Waals surface area contributed by atoms with Crippen LogP contribution in [0.5, 0.6) is 11.5 Å². The second-order valence-electron chi connectivity index (χ2n) is 6.95. The van der Waals surface area contributed by atoms with Gasteiger partial charge in [0, 0.05) is 24.6 Å². The van der Waals surface area contributed by atoms with Crippen LogP contribution >= 0.6 is 0 Å². The number of anilines is 1. The van der Waals surface area contributed by atoms with Crippen LogP contribution in [0.3, 0.4) is 0 Å². The smallest absolute Gasteiger partial charge is 0.414 e. The van der Waals surface area contributed by atoms with Gasteiger partial charge in [0.05, 0.1) is 17.8 Å². The van der Waals surface area contributed by atoms with E-state index in [1.165, 1.54) is 24.0 Å². The summed E-state index contributed by atoms with van der Waals surface area (Å²) in [5.74, 6) is -0.0946. The zero-order chi connectivity index (χ0) is 22.0. The van der Waals surface area contributed by atoms with E-state index >= 15 is 0 Å². The van der Waals surface area contributed by atoms with E-state index in [1.54, 1.807) is 12.3 Å². The van der Waals surface area contributed by atoms with Crippen molar-refractivity contribution in [2.75, 3.05) is 18.1 Å². The Morgan fingerprint density at radius 1 is 1.26 bits per heavy atom. The number of amides is 1. The number of hydrogen-bond acceptors (Lipinski definition) is 7. The second-order valence-corrected chi connectivity index (χ2v) is 6.95. The van der Waals surface area contributed by atoms with Crippen molar-refractivity contribution in [3.63, 3.8) is 0 Å². The van der Waals surface area contributed by atoms with Crippen LogP contribution in [0, 0.1) is 5.41 Å². The zero-order valence-corrected chi connectivity index (χ0v) is 16.7. The highest BCUT2D eigenvalue weighted by molar-refractivity contribution is 5.99. The Labute approximate surface area is 177 Å². The number of pyridine rings is 1. The van der Waals surface area contributed by atoms with Gasteiger partial charge in [-0.3, -0.25) is 20.1 Å². The first kappa shape index (κ1) is 20.1. The minimum atomic E-state index is -0.557. The quantitative estimate of drug-likeness (QED) is 0.272. The monoisotopic (exact) mass is 420 g/mol. The molecular formula is C22H20N4O5. The van der Waals surface area contributed by atoms with Crippen LogP contribution in [0.25, 0.3) is 10.9 Å². The lowest BCUT2D eigenvalue weighted by Crippen LogP contribution is -2.27. The first-order valence-corrected chi connectivity index (χ1v) is 9.54. The number of fused-ring (bicyclic) bond motifs is 1. The Hall–Kier alpha value is -4.14. The van der Waals surface area contributed by atoms with Crippen LogP contribution in [0.2, 0.25) is 0 Å². The molecule has 0 aliphatic carbocycles. The molecule has 1 unspecified atom stereocenters. The summed E-state index contributed by atoms with van der Waals surface area (Å²) in [6.07, 6.45) is 0.642. The summed E-state index contributed by atoms with van der Waals surface area (Å²) in [4.78, 5) is 29.6. The Balaban J connectivity index is 1.49. The Kier molecular flexibility index (Phi) is 5.40. The number of nitrogen functional groups attached to an aromatic ring is 1. The van der Waals surface area contributed by atoms with E-state index in [-0.39, 0.29) is 30.3 Å². The molecular weight excluding hydrogens is 400 g/mol. The van der Waals surface area contributed by atoms with Gasteiger partial charge in [0.15, 0.2) is 6.10 Å². The van der Waals surface area contributed by atoms with Gasteiger partial charge >= 0.3 is 12.1 Å². The third kappa shape index (κ3) is 4.25. The number of carbonyl (C=O) groups excluding carboxylic acids is 2. The number of aromatic nitrogens is 1. The van der Waals surface area contributed by atoms with Crippen molar-refractivity contribution < 1.29 is 23.8 Å². The summed E-state index contributed by atoms with van der Waals surface area (Å²) in [5.41, 5.74) is 6.99. The van der Waals surface area contributed by atoms with E-state index in [4.69, 9.17) is 25.4 Å². The van der Waals surface area contributed by atoms with Gasteiger partial charge in [0.1, 0.15) is 29.5 Å². The van der Waals surface area contributed by atoms with Crippen molar-refractivity contribution in [3.05, 3.63) is 60.3 Å². The average Bonchev–Trinajstić information content (AvgIpc) is 3.12. The van der Waals surface area contributed by atoms with E-state index in [2.05, 4.69) is 4.98 Å². The first-order chi connectivity index (χ1) is 14.9. The Morgan fingerprint density at radius 2 is 2.06 bits per heavy atom. The van der Waals surface area contributed by atoms with Crippen molar-refractivity contribution in [2.24, 2.45) is 5.73 Å². The topological polar surface area (TPSA) is 128 Å². The van der Waals surface area contributed by atoms with Crippen LogP contribution in [-0.4, -0.2) is 42.1 Å². The van der Waals surface area contributed by atoms with Crippen molar-refractivity contribution in [3.8, 4) is 11.5 Å². The Bertz CT molecular complexity index is 1170. The predicted molar refractivity (Wildman–Crippen MR) is 114 cm³/mol. The Morgan fingerprint density at radius 3 is 2.84 bits per heavy atom.